The van der Waals surface area contributed by atoms with Gasteiger partial charge in [-0.3, -0.25) is 4.79 Å². The van der Waals surface area contributed by atoms with Gasteiger partial charge in [-0.25, -0.2) is 0 Å². The second kappa shape index (κ2) is 11.5. The van der Waals surface area contributed by atoms with Gasteiger partial charge in [0.05, 0.1) is 17.8 Å². The summed E-state index contributed by atoms with van der Waals surface area (Å²) < 4.78 is 33.1. The zero-order chi connectivity index (χ0) is 29.6. The van der Waals surface area contributed by atoms with Crippen molar-refractivity contribution in [2.45, 2.75) is 75.3 Å². The Labute approximate surface area is 233 Å². The lowest BCUT2D eigenvalue weighted by atomic mass is 10.00. The molecule has 41 heavy (non-hydrogen) atoms. The maximum absolute atomic E-state index is 13.3. The SMILES string of the molecule is CO[C@@H]1[C@@H](O)[C@H](C)O[C@@H](Oc2ccc(-c3coc4cc(O[C@@H]5O[C@@H](C)[C@H](O)[C@@H](O)[C@H]5O)cc(O)c4c3=O)cc2)[C@@H]1O. The van der Waals surface area contributed by atoms with Gasteiger partial charge in [-0.1, -0.05) is 12.1 Å². The predicted octanol–water partition coefficient (Wildman–Crippen LogP) is 0.232. The van der Waals surface area contributed by atoms with Gasteiger partial charge in [0.1, 0.15) is 71.1 Å². The molecule has 2 aliphatic heterocycles. The van der Waals surface area contributed by atoms with Gasteiger partial charge >= 0.3 is 0 Å². The summed E-state index contributed by atoms with van der Waals surface area (Å²) in [5, 5.41) is 61.2. The number of methoxy groups -OCH3 is 1. The maximum atomic E-state index is 13.3. The zero-order valence-electron chi connectivity index (χ0n) is 22.4. The van der Waals surface area contributed by atoms with Gasteiger partial charge in [-0.05, 0) is 31.5 Å². The molecular formula is C28H32O13. The fourth-order valence-corrected chi connectivity index (χ4v) is 4.94. The van der Waals surface area contributed by atoms with E-state index in [0.29, 0.717) is 11.3 Å². The molecule has 0 radical (unpaired) electrons. The number of ether oxygens (including phenoxy) is 5. The van der Waals surface area contributed by atoms with Gasteiger partial charge in [0, 0.05) is 19.2 Å². The second-order valence-electron chi connectivity index (χ2n) is 10.1. The average molecular weight is 577 g/mol. The zero-order valence-corrected chi connectivity index (χ0v) is 22.4. The van der Waals surface area contributed by atoms with Crippen LogP contribution in [-0.4, -0.2) is 99.2 Å². The Bertz CT molecular complexity index is 1420. The molecule has 0 unspecified atom stereocenters. The van der Waals surface area contributed by atoms with E-state index in [4.69, 9.17) is 28.1 Å². The Morgan fingerprint density at radius 1 is 0.756 bits per heavy atom. The summed E-state index contributed by atoms with van der Waals surface area (Å²) in [7, 11) is 1.37. The first-order chi connectivity index (χ1) is 19.5. The van der Waals surface area contributed by atoms with E-state index in [2.05, 4.69) is 0 Å². The molecule has 0 aliphatic carbocycles. The van der Waals surface area contributed by atoms with Crippen molar-refractivity contribution in [1.82, 2.24) is 0 Å². The molecule has 0 spiro atoms. The minimum Gasteiger partial charge on any atom is -0.507 e. The summed E-state index contributed by atoms with van der Waals surface area (Å²) in [5.74, 6) is -0.124. The van der Waals surface area contributed by atoms with Crippen molar-refractivity contribution in [3.8, 4) is 28.4 Å². The molecule has 222 valence electrons. The first-order valence-corrected chi connectivity index (χ1v) is 13.0. The van der Waals surface area contributed by atoms with E-state index >= 15 is 0 Å². The number of fused-ring (bicyclic) bond motifs is 1. The minimum absolute atomic E-state index is 0.0000684. The van der Waals surface area contributed by atoms with Crippen LogP contribution in [0.4, 0.5) is 0 Å². The van der Waals surface area contributed by atoms with Crippen LogP contribution >= 0.6 is 0 Å². The van der Waals surface area contributed by atoms with Crippen LogP contribution in [0.2, 0.25) is 0 Å². The van der Waals surface area contributed by atoms with Gasteiger partial charge < -0.3 is 58.7 Å². The van der Waals surface area contributed by atoms with Crippen molar-refractivity contribution in [2.75, 3.05) is 7.11 Å². The molecule has 5 rings (SSSR count). The predicted molar refractivity (Wildman–Crippen MR) is 140 cm³/mol. The summed E-state index contributed by atoms with van der Waals surface area (Å²) in [6, 6.07) is 8.78. The molecule has 2 saturated heterocycles. The lowest BCUT2D eigenvalue weighted by Gasteiger charge is -2.40. The molecule has 0 saturated carbocycles. The topological polar surface area (TPSA) is 198 Å². The highest BCUT2D eigenvalue weighted by atomic mass is 16.7. The molecule has 3 aromatic rings. The average Bonchev–Trinajstić information content (AvgIpc) is 2.94. The number of phenols is 1. The molecule has 0 bridgehead atoms. The Kier molecular flexibility index (Phi) is 8.23. The van der Waals surface area contributed by atoms with Crippen molar-refractivity contribution >= 4 is 11.0 Å². The molecule has 3 heterocycles. The van der Waals surface area contributed by atoms with Crippen LogP contribution in [0.3, 0.4) is 0 Å². The van der Waals surface area contributed by atoms with Crippen LogP contribution in [0.25, 0.3) is 22.1 Å². The standard InChI is InChI=1S/C28H32O13/c1-11-20(30)23(33)24(34)27(38-11)41-15-8-17(29)19-18(9-15)37-10-16(22(19)32)13-4-6-14(7-5-13)40-28-25(35)26(36-3)21(31)12(2)39-28/h4-12,20-21,23-31,33-35H,1-3H3/t11-,12-,20-,21-,23+,24+,25+,26+,27-,28-/m0/s1. The molecule has 0 amide bonds. The number of aliphatic hydroxyl groups excluding tert-OH is 5. The molecule has 2 aromatic carbocycles. The van der Waals surface area contributed by atoms with Crippen LogP contribution in [0.1, 0.15) is 13.8 Å². The molecule has 2 fully saturated rings. The number of benzene rings is 2. The molecule has 6 N–H and O–H groups in total. The maximum Gasteiger partial charge on any atom is 0.229 e. The van der Waals surface area contributed by atoms with Gasteiger partial charge in [0.2, 0.25) is 18.0 Å². The number of hydrogen-bond acceptors (Lipinski definition) is 13. The lowest BCUT2D eigenvalue weighted by molar-refractivity contribution is -0.272. The van der Waals surface area contributed by atoms with Gasteiger partial charge in [0.25, 0.3) is 0 Å². The Morgan fingerprint density at radius 3 is 2.02 bits per heavy atom. The Hall–Kier alpha value is -3.27. The van der Waals surface area contributed by atoms with Crippen LogP contribution in [-0.2, 0) is 14.2 Å². The van der Waals surface area contributed by atoms with Crippen molar-refractivity contribution in [2.24, 2.45) is 0 Å². The van der Waals surface area contributed by atoms with Crippen LogP contribution < -0.4 is 14.9 Å². The van der Waals surface area contributed by atoms with E-state index in [9.17, 15) is 35.4 Å². The smallest absolute Gasteiger partial charge is 0.229 e. The van der Waals surface area contributed by atoms with E-state index < -0.39 is 72.6 Å². The fraction of sp³-hybridized carbons (Fsp3) is 0.464. The summed E-state index contributed by atoms with van der Waals surface area (Å²) in [5.41, 5.74) is 0.0775. The quantitative estimate of drug-likeness (QED) is 0.233. The fourth-order valence-electron chi connectivity index (χ4n) is 4.94. The monoisotopic (exact) mass is 576 g/mol. The lowest BCUT2D eigenvalue weighted by Crippen LogP contribution is -2.58. The third-order valence-electron chi connectivity index (χ3n) is 7.36. The van der Waals surface area contributed by atoms with Crippen LogP contribution in [0, 0.1) is 0 Å². The van der Waals surface area contributed by atoms with Gasteiger partial charge in [-0.15, -0.1) is 0 Å². The molecular weight excluding hydrogens is 544 g/mol. The Balaban J connectivity index is 1.35. The van der Waals surface area contributed by atoms with E-state index in [1.54, 1.807) is 31.2 Å². The first-order valence-electron chi connectivity index (χ1n) is 13.0. The minimum atomic E-state index is -1.57. The summed E-state index contributed by atoms with van der Waals surface area (Å²) >= 11 is 0. The molecule has 13 nitrogen and oxygen atoms in total. The highest BCUT2D eigenvalue weighted by Gasteiger charge is 2.45. The number of hydrogen-bond donors (Lipinski definition) is 6. The van der Waals surface area contributed by atoms with Crippen molar-refractivity contribution in [3.05, 3.63) is 52.9 Å². The van der Waals surface area contributed by atoms with Crippen LogP contribution in [0.15, 0.2) is 51.9 Å². The largest absolute Gasteiger partial charge is 0.507 e. The number of aliphatic hydroxyl groups is 5. The van der Waals surface area contributed by atoms with Crippen molar-refractivity contribution in [1.29, 1.82) is 0 Å². The summed E-state index contributed by atoms with van der Waals surface area (Å²) in [4.78, 5) is 13.3. The number of phenolic OH excluding ortho intramolecular Hbond substituents is 1. The molecule has 2 aliphatic rings. The summed E-state index contributed by atoms with van der Waals surface area (Å²) in [6.45, 7) is 3.14. The normalized spacial score (nSPS) is 34.0. The van der Waals surface area contributed by atoms with Crippen LogP contribution in [0.5, 0.6) is 17.2 Å². The van der Waals surface area contributed by atoms with E-state index in [1.165, 1.54) is 26.4 Å². The van der Waals surface area contributed by atoms with Crippen molar-refractivity contribution < 1.29 is 58.7 Å². The van der Waals surface area contributed by atoms with Gasteiger partial charge in [0.15, 0.2) is 0 Å². The highest BCUT2D eigenvalue weighted by molar-refractivity contribution is 5.88. The summed E-state index contributed by atoms with van der Waals surface area (Å²) in [6.07, 6.45) is -10.2. The Morgan fingerprint density at radius 2 is 1.37 bits per heavy atom. The molecule has 10 atom stereocenters. The highest BCUT2D eigenvalue weighted by Crippen LogP contribution is 2.33. The van der Waals surface area contributed by atoms with E-state index in [0.717, 1.165) is 6.07 Å². The van der Waals surface area contributed by atoms with E-state index in [1.807, 2.05) is 0 Å². The van der Waals surface area contributed by atoms with E-state index in [-0.39, 0.29) is 22.3 Å². The number of rotatable bonds is 6. The first kappa shape index (κ1) is 29.2. The second-order valence-corrected chi connectivity index (χ2v) is 10.1. The van der Waals surface area contributed by atoms with Gasteiger partial charge in [-0.2, -0.15) is 0 Å². The van der Waals surface area contributed by atoms with Crippen molar-refractivity contribution in [3.63, 3.8) is 0 Å². The third-order valence-corrected chi connectivity index (χ3v) is 7.36. The third kappa shape index (κ3) is 5.50. The number of aromatic hydroxyl groups is 1. The molecule has 13 heteroatoms. The molecule has 1 aromatic heterocycles.